The molecule has 0 unspecified atom stereocenters. The second-order valence-electron chi connectivity index (χ2n) is 9.63. The molecule has 1 atom stereocenters. The van der Waals surface area contributed by atoms with Crippen molar-refractivity contribution < 1.29 is 22.9 Å². The van der Waals surface area contributed by atoms with Gasteiger partial charge >= 0.3 is 11.8 Å². The van der Waals surface area contributed by atoms with E-state index in [2.05, 4.69) is 10.3 Å². The van der Waals surface area contributed by atoms with Gasteiger partial charge in [0.1, 0.15) is 17.5 Å². The van der Waals surface area contributed by atoms with Crippen molar-refractivity contribution in [1.29, 1.82) is 0 Å². The zero-order chi connectivity index (χ0) is 27.4. The minimum atomic E-state index is -3.90. The number of likely N-dealkylation sites (tertiary alicyclic amines) is 1. The van der Waals surface area contributed by atoms with Crippen LogP contribution in [0.25, 0.3) is 11.0 Å². The zero-order valence-corrected chi connectivity index (χ0v) is 22.7. The summed E-state index contributed by atoms with van der Waals surface area (Å²) in [4.78, 5) is 29.6. The third-order valence-electron chi connectivity index (χ3n) is 5.80. The summed E-state index contributed by atoms with van der Waals surface area (Å²) in [5.41, 5.74) is -0.625. The lowest BCUT2D eigenvalue weighted by Gasteiger charge is -2.34. The second kappa shape index (κ2) is 11.3. The number of aromatic nitrogens is 2. The van der Waals surface area contributed by atoms with Crippen LogP contribution in [0.5, 0.6) is 0 Å². The van der Waals surface area contributed by atoms with Crippen LogP contribution < -0.4 is 5.32 Å². The van der Waals surface area contributed by atoms with Gasteiger partial charge in [-0.05, 0) is 58.6 Å². The fourth-order valence-electron chi connectivity index (χ4n) is 4.22. The first kappa shape index (κ1) is 28.2. The topological polar surface area (TPSA) is 137 Å². The number of rotatable bonds is 5. The van der Waals surface area contributed by atoms with E-state index in [1.165, 1.54) is 12.3 Å². The van der Waals surface area contributed by atoms with E-state index < -0.39 is 26.6 Å². The molecule has 1 aliphatic carbocycles. The summed E-state index contributed by atoms with van der Waals surface area (Å²) >= 11 is 0. The third kappa shape index (κ3) is 6.30. The van der Waals surface area contributed by atoms with Crippen molar-refractivity contribution in [3.63, 3.8) is 0 Å². The van der Waals surface area contributed by atoms with Crippen LogP contribution in [0.4, 0.5) is 16.2 Å². The number of carbonyl (C=O) groups excluding carboxylic acids is 1. The Kier molecular flexibility index (Phi) is 8.62. The summed E-state index contributed by atoms with van der Waals surface area (Å²) < 4.78 is 32.9. The van der Waals surface area contributed by atoms with Crippen molar-refractivity contribution in [1.82, 2.24) is 13.9 Å². The first-order chi connectivity index (χ1) is 17.5. The van der Waals surface area contributed by atoms with Gasteiger partial charge in [-0.2, -0.15) is 0 Å². The van der Waals surface area contributed by atoms with E-state index in [1.54, 1.807) is 43.9 Å². The number of ether oxygens (including phenoxy) is 1. The molecule has 0 aromatic carbocycles. The van der Waals surface area contributed by atoms with Gasteiger partial charge in [-0.15, -0.1) is 0 Å². The van der Waals surface area contributed by atoms with E-state index in [0.29, 0.717) is 37.7 Å². The Bertz CT molecular complexity index is 1320. The third-order valence-corrected chi connectivity index (χ3v) is 7.51. The number of amides is 1. The quantitative estimate of drug-likeness (QED) is 0.409. The summed E-state index contributed by atoms with van der Waals surface area (Å²) in [6, 6.07) is 1.22. The number of pyridine rings is 1. The number of nitrogens with one attached hydrogen (secondary N) is 1. The minimum absolute atomic E-state index is 0.0952. The minimum Gasteiger partial charge on any atom is -0.444 e. The van der Waals surface area contributed by atoms with E-state index in [1.807, 2.05) is 13.8 Å². The number of nitrogens with zero attached hydrogens (tertiary/aromatic N) is 4. The molecule has 0 spiro atoms. The number of nitro groups is 1. The highest BCUT2D eigenvalue weighted by Crippen LogP contribution is 2.35. The van der Waals surface area contributed by atoms with Crippen LogP contribution in [-0.2, 0) is 14.8 Å². The predicted molar refractivity (Wildman–Crippen MR) is 143 cm³/mol. The molecular formula is C25H35N5O6S. The van der Waals surface area contributed by atoms with Gasteiger partial charge in [-0.25, -0.2) is 22.2 Å². The van der Waals surface area contributed by atoms with Crippen LogP contribution in [0.1, 0.15) is 60.3 Å². The van der Waals surface area contributed by atoms with Crippen LogP contribution in [0, 0.1) is 10.1 Å². The molecule has 11 nitrogen and oxygen atoms in total. The fraction of sp³-hybridized carbons (Fsp3) is 0.520. The molecule has 12 heteroatoms. The summed E-state index contributed by atoms with van der Waals surface area (Å²) in [5.74, 6) is 0. The first-order valence-electron chi connectivity index (χ1n) is 12.5. The van der Waals surface area contributed by atoms with E-state index in [-0.39, 0.29) is 28.0 Å². The molecule has 202 valence electrons. The molecule has 1 fully saturated rings. The predicted octanol–water partition coefficient (Wildman–Crippen LogP) is 5.19. The number of hydrogen-bond acceptors (Lipinski definition) is 8. The Labute approximate surface area is 217 Å². The smallest absolute Gasteiger partial charge is 0.410 e. The van der Waals surface area contributed by atoms with Gasteiger partial charge in [-0.1, -0.05) is 26.0 Å². The summed E-state index contributed by atoms with van der Waals surface area (Å²) in [6.45, 7) is 10.2. The van der Waals surface area contributed by atoms with E-state index in [9.17, 15) is 23.3 Å². The van der Waals surface area contributed by atoms with E-state index in [4.69, 9.17) is 4.74 Å². The van der Waals surface area contributed by atoms with Crippen molar-refractivity contribution >= 4 is 38.5 Å². The van der Waals surface area contributed by atoms with Crippen LogP contribution in [0.15, 0.2) is 41.6 Å². The molecule has 3 heterocycles. The van der Waals surface area contributed by atoms with Crippen LogP contribution in [0.2, 0.25) is 0 Å². The number of carbonyl (C=O) groups is 1. The second-order valence-corrected chi connectivity index (χ2v) is 11.4. The Morgan fingerprint density at radius 1 is 1.27 bits per heavy atom. The van der Waals surface area contributed by atoms with Gasteiger partial charge in [0, 0.05) is 25.3 Å². The summed E-state index contributed by atoms with van der Waals surface area (Å²) in [5, 5.41) is 15.3. The molecular weight excluding hydrogens is 498 g/mol. The van der Waals surface area contributed by atoms with Crippen molar-refractivity contribution in [3.05, 3.63) is 51.7 Å². The molecule has 2 aromatic rings. The molecule has 1 N–H and O–H groups in total. The van der Waals surface area contributed by atoms with Gasteiger partial charge in [0.2, 0.25) is 0 Å². The number of fused-ring (bicyclic) bond motifs is 1. The Hall–Kier alpha value is -3.41. The lowest BCUT2D eigenvalue weighted by Crippen LogP contribution is -2.47. The largest absolute Gasteiger partial charge is 0.444 e. The molecule has 0 radical (unpaired) electrons. The number of hydrogen-bond donors (Lipinski definition) is 1. The molecule has 0 bridgehead atoms. The number of piperidine rings is 1. The van der Waals surface area contributed by atoms with Crippen LogP contribution >= 0.6 is 0 Å². The number of allylic oxidation sites excluding steroid dienone is 3. The maximum absolute atomic E-state index is 13.2. The standard InChI is InChI=1S/C23H29N5O6S.C2H6/c1-23(2,3)34-22(29)26-12-7-8-16(15-26)25-20-18-11-13-27(21(18)24-14-19(20)28(30)31)35(32,33)17-9-5-4-6-10-17;1-2/h5,9-11,13-14,16H,4,6-8,12,15H2,1-3H3,(H,24,25);1-2H3/t16-;/m1./s1. The lowest BCUT2D eigenvalue weighted by molar-refractivity contribution is -0.384. The van der Waals surface area contributed by atoms with E-state index in [0.717, 1.165) is 16.6 Å². The Morgan fingerprint density at radius 3 is 2.62 bits per heavy atom. The average molecular weight is 534 g/mol. The molecule has 2 aromatic heterocycles. The van der Waals surface area contributed by atoms with Gasteiger partial charge in [-0.3, -0.25) is 10.1 Å². The highest BCUT2D eigenvalue weighted by molar-refractivity contribution is 7.94. The number of anilines is 1. The molecule has 1 aliphatic heterocycles. The maximum Gasteiger partial charge on any atom is 0.410 e. The van der Waals surface area contributed by atoms with Gasteiger partial charge in [0.05, 0.1) is 15.2 Å². The van der Waals surface area contributed by atoms with Crippen molar-refractivity contribution in [2.45, 2.75) is 71.9 Å². The van der Waals surface area contributed by atoms with Crippen molar-refractivity contribution in [3.8, 4) is 0 Å². The highest BCUT2D eigenvalue weighted by atomic mass is 32.2. The summed E-state index contributed by atoms with van der Waals surface area (Å²) in [6.07, 6.45) is 9.74. The molecule has 1 saturated heterocycles. The van der Waals surface area contributed by atoms with E-state index >= 15 is 0 Å². The normalized spacial score (nSPS) is 18.0. The zero-order valence-electron chi connectivity index (χ0n) is 21.9. The Balaban J connectivity index is 0.00000186. The lowest BCUT2D eigenvalue weighted by atomic mass is 10.1. The monoisotopic (exact) mass is 533 g/mol. The molecule has 4 rings (SSSR count). The van der Waals surface area contributed by atoms with Crippen molar-refractivity contribution in [2.24, 2.45) is 0 Å². The highest BCUT2D eigenvalue weighted by Gasteiger charge is 2.31. The van der Waals surface area contributed by atoms with Gasteiger partial charge in [0.15, 0.2) is 5.65 Å². The van der Waals surface area contributed by atoms with Crippen LogP contribution in [0.3, 0.4) is 0 Å². The molecule has 0 saturated carbocycles. The van der Waals surface area contributed by atoms with Gasteiger partial charge in [0.25, 0.3) is 10.0 Å². The van der Waals surface area contributed by atoms with Crippen LogP contribution in [-0.4, -0.2) is 58.0 Å². The summed E-state index contributed by atoms with van der Waals surface area (Å²) in [7, 11) is -3.90. The Morgan fingerprint density at radius 2 is 2.00 bits per heavy atom. The molecule has 1 amide bonds. The average Bonchev–Trinajstić information content (AvgIpc) is 3.31. The maximum atomic E-state index is 13.2. The van der Waals surface area contributed by atoms with Crippen molar-refractivity contribution in [2.75, 3.05) is 18.4 Å². The fourth-order valence-corrected chi connectivity index (χ4v) is 5.64. The molecule has 2 aliphatic rings. The van der Waals surface area contributed by atoms with Gasteiger partial charge < -0.3 is 15.0 Å². The first-order valence-corrected chi connectivity index (χ1v) is 13.9. The molecule has 37 heavy (non-hydrogen) atoms. The SMILES string of the molecule is CC.CC(C)(C)OC(=O)N1CCC[C@@H](Nc2c([N+](=O)[O-])cnc3c2ccn3S(=O)(=O)C2=CCCC=C2)C1.